The quantitative estimate of drug-likeness (QED) is 0.626. The third-order valence-electron chi connectivity index (χ3n) is 5.21. The summed E-state index contributed by atoms with van der Waals surface area (Å²) in [5.41, 5.74) is 1.11. The van der Waals surface area contributed by atoms with E-state index in [4.69, 9.17) is 9.47 Å². The molecule has 1 N–H and O–H groups in total. The van der Waals surface area contributed by atoms with Crippen LogP contribution in [-0.4, -0.2) is 51.4 Å². The van der Waals surface area contributed by atoms with Gasteiger partial charge in [0.2, 0.25) is 10.0 Å². The van der Waals surface area contributed by atoms with Crippen molar-refractivity contribution in [2.75, 3.05) is 32.1 Å². The van der Waals surface area contributed by atoms with E-state index in [0.29, 0.717) is 23.7 Å². The first-order valence-electron chi connectivity index (χ1n) is 9.97. The van der Waals surface area contributed by atoms with Gasteiger partial charge in [0, 0.05) is 18.0 Å². The molecule has 0 saturated carbocycles. The summed E-state index contributed by atoms with van der Waals surface area (Å²) in [6, 6.07) is 4.22. The van der Waals surface area contributed by atoms with Gasteiger partial charge in [-0.25, -0.2) is 13.2 Å². The lowest BCUT2D eigenvalue weighted by Gasteiger charge is -2.17. The minimum atomic E-state index is -3.70. The Hall–Kier alpha value is -2.43. The van der Waals surface area contributed by atoms with Crippen LogP contribution in [0, 0.1) is 13.8 Å². The van der Waals surface area contributed by atoms with E-state index in [1.807, 2.05) is 6.92 Å². The Kier molecular flexibility index (Phi) is 7.03. The average Bonchev–Trinajstić information content (AvgIpc) is 3.37. The van der Waals surface area contributed by atoms with Crippen molar-refractivity contribution in [2.24, 2.45) is 0 Å². The number of carbonyl (C=O) groups excluding carboxylic acids is 2. The highest BCUT2D eigenvalue weighted by Crippen LogP contribution is 2.34. The number of rotatable bonds is 7. The van der Waals surface area contributed by atoms with Crippen LogP contribution in [0.4, 0.5) is 5.00 Å². The molecule has 1 aromatic heterocycles. The minimum Gasteiger partial charge on any atom is -0.496 e. The standard InChI is InChI=1S/C21H26N2O6S2/c1-5-29-21(25)18-13(2)14(3)30-20(18)22-19(24)16-12-15(8-9-17(16)28-4)31(26,27)23-10-6-7-11-23/h8-9,12H,5-7,10-11H2,1-4H3,(H,22,24). The zero-order valence-electron chi connectivity index (χ0n) is 18.0. The van der Waals surface area contributed by atoms with Gasteiger partial charge < -0.3 is 14.8 Å². The predicted molar refractivity (Wildman–Crippen MR) is 119 cm³/mol. The van der Waals surface area contributed by atoms with Gasteiger partial charge in [-0.1, -0.05) is 0 Å². The molecule has 1 saturated heterocycles. The number of esters is 1. The number of aryl methyl sites for hydroxylation is 1. The average molecular weight is 467 g/mol. The Bertz CT molecular complexity index is 1100. The molecule has 0 aliphatic carbocycles. The Morgan fingerprint density at radius 2 is 1.87 bits per heavy atom. The van der Waals surface area contributed by atoms with Gasteiger partial charge in [0.1, 0.15) is 10.8 Å². The first-order chi connectivity index (χ1) is 14.7. The lowest BCUT2D eigenvalue weighted by atomic mass is 10.1. The van der Waals surface area contributed by atoms with Crippen molar-refractivity contribution < 1.29 is 27.5 Å². The summed E-state index contributed by atoms with van der Waals surface area (Å²) in [5, 5.41) is 3.10. The highest BCUT2D eigenvalue weighted by atomic mass is 32.2. The number of sulfonamides is 1. The summed E-state index contributed by atoms with van der Waals surface area (Å²) in [5.74, 6) is -0.848. The molecule has 168 valence electrons. The number of anilines is 1. The van der Waals surface area contributed by atoms with Crippen LogP contribution in [0.15, 0.2) is 23.1 Å². The maximum Gasteiger partial charge on any atom is 0.341 e. The number of hydrogen-bond donors (Lipinski definition) is 1. The van der Waals surface area contributed by atoms with Crippen LogP contribution >= 0.6 is 11.3 Å². The van der Waals surface area contributed by atoms with Crippen LogP contribution in [-0.2, 0) is 14.8 Å². The van der Waals surface area contributed by atoms with Crippen LogP contribution in [0.25, 0.3) is 0 Å². The third-order valence-corrected chi connectivity index (χ3v) is 8.23. The molecule has 0 unspecified atom stereocenters. The number of thiophene rings is 1. The second-order valence-electron chi connectivity index (χ2n) is 7.14. The van der Waals surface area contributed by atoms with Crippen LogP contribution in [0.5, 0.6) is 5.75 Å². The molecular weight excluding hydrogens is 440 g/mol. The highest BCUT2D eigenvalue weighted by Gasteiger charge is 2.29. The highest BCUT2D eigenvalue weighted by molar-refractivity contribution is 7.89. The van der Waals surface area contributed by atoms with Crippen molar-refractivity contribution in [1.82, 2.24) is 4.31 Å². The van der Waals surface area contributed by atoms with Crippen molar-refractivity contribution in [3.8, 4) is 5.75 Å². The number of hydrogen-bond acceptors (Lipinski definition) is 7. The molecule has 2 heterocycles. The Labute approximate surface area is 186 Å². The van der Waals surface area contributed by atoms with E-state index >= 15 is 0 Å². The fourth-order valence-electron chi connectivity index (χ4n) is 3.44. The molecule has 1 fully saturated rings. The van der Waals surface area contributed by atoms with E-state index in [1.165, 1.54) is 41.0 Å². The Morgan fingerprint density at radius 1 is 1.19 bits per heavy atom. The van der Waals surface area contributed by atoms with E-state index in [0.717, 1.165) is 23.3 Å². The van der Waals surface area contributed by atoms with Crippen molar-refractivity contribution in [2.45, 2.75) is 38.5 Å². The molecule has 8 nitrogen and oxygen atoms in total. The third kappa shape index (κ3) is 4.60. The van der Waals surface area contributed by atoms with Crippen molar-refractivity contribution in [3.05, 3.63) is 39.8 Å². The van der Waals surface area contributed by atoms with E-state index in [-0.39, 0.29) is 22.8 Å². The van der Waals surface area contributed by atoms with Gasteiger partial charge in [-0.05, 0) is 57.4 Å². The zero-order valence-corrected chi connectivity index (χ0v) is 19.6. The minimum absolute atomic E-state index is 0.0320. The number of ether oxygens (including phenoxy) is 2. The van der Waals surface area contributed by atoms with Crippen molar-refractivity contribution >= 4 is 38.2 Å². The van der Waals surface area contributed by atoms with Gasteiger partial charge in [0.15, 0.2) is 0 Å². The first-order valence-corrected chi connectivity index (χ1v) is 12.2. The van der Waals surface area contributed by atoms with Gasteiger partial charge in [0.25, 0.3) is 5.91 Å². The lowest BCUT2D eigenvalue weighted by molar-refractivity contribution is 0.0527. The fraction of sp³-hybridized carbons (Fsp3) is 0.429. The number of carbonyl (C=O) groups is 2. The summed E-state index contributed by atoms with van der Waals surface area (Å²) in [7, 11) is -2.29. The largest absolute Gasteiger partial charge is 0.496 e. The number of benzene rings is 1. The van der Waals surface area contributed by atoms with Gasteiger partial charge in [-0.2, -0.15) is 4.31 Å². The van der Waals surface area contributed by atoms with Crippen LogP contribution in [0.3, 0.4) is 0 Å². The summed E-state index contributed by atoms with van der Waals surface area (Å²) >= 11 is 1.26. The number of nitrogens with zero attached hydrogens (tertiary/aromatic N) is 1. The summed E-state index contributed by atoms with van der Waals surface area (Å²) < 4.78 is 37.7. The molecule has 1 aromatic carbocycles. The topological polar surface area (TPSA) is 102 Å². The maximum absolute atomic E-state index is 13.1. The number of nitrogens with one attached hydrogen (secondary N) is 1. The molecule has 2 aromatic rings. The summed E-state index contributed by atoms with van der Waals surface area (Å²) in [6.45, 7) is 6.49. The van der Waals surface area contributed by atoms with Crippen LogP contribution in [0.1, 0.15) is 50.9 Å². The molecule has 3 rings (SSSR count). The molecule has 0 bridgehead atoms. The SMILES string of the molecule is CCOC(=O)c1c(NC(=O)c2cc(S(=O)(=O)N3CCCC3)ccc2OC)sc(C)c1C. The second kappa shape index (κ2) is 9.37. The van der Waals surface area contributed by atoms with Gasteiger partial charge in [-0.3, -0.25) is 4.79 Å². The predicted octanol–water partition coefficient (Wildman–Crippen LogP) is 3.59. The van der Waals surface area contributed by atoms with Crippen molar-refractivity contribution in [1.29, 1.82) is 0 Å². The molecule has 0 radical (unpaired) electrons. The number of amides is 1. The second-order valence-corrected chi connectivity index (χ2v) is 10.3. The molecule has 0 atom stereocenters. The van der Waals surface area contributed by atoms with E-state index < -0.39 is 21.9 Å². The number of methoxy groups -OCH3 is 1. The molecule has 10 heteroatoms. The Morgan fingerprint density at radius 3 is 2.48 bits per heavy atom. The molecule has 1 amide bonds. The summed E-state index contributed by atoms with van der Waals surface area (Å²) in [4.78, 5) is 26.4. The molecule has 1 aliphatic heterocycles. The molecule has 1 aliphatic rings. The van der Waals surface area contributed by atoms with Gasteiger partial charge >= 0.3 is 5.97 Å². The van der Waals surface area contributed by atoms with Crippen LogP contribution in [0.2, 0.25) is 0 Å². The Balaban J connectivity index is 1.97. The van der Waals surface area contributed by atoms with E-state index in [2.05, 4.69) is 5.32 Å². The smallest absolute Gasteiger partial charge is 0.341 e. The van der Waals surface area contributed by atoms with Crippen LogP contribution < -0.4 is 10.1 Å². The van der Waals surface area contributed by atoms with Crippen molar-refractivity contribution in [3.63, 3.8) is 0 Å². The summed E-state index contributed by atoms with van der Waals surface area (Å²) in [6.07, 6.45) is 1.63. The molecule has 0 spiro atoms. The zero-order chi connectivity index (χ0) is 22.8. The van der Waals surface area contributed by atoms with E-state index in [1.54, 1.807) is 13.8 Å². The lowest BCUT2D eigenvalue weighted by Crippen LogP contribution is -2.28. The monoisotopic (exact) mass is 466 g/mol. The van der Waals surface area contributed by atoms with Gasteiger partial charge in [0.05, 0.1) is 29.7 Å². The normalized spacial score (nSPS) is 14.5. The first kappa shape index (κ1) is 23.2. The molecular formula is C21H26N2O6S2. The molecule has 31 heavy (non-hydrogen) atoms. The fourth-order valence-corrected chi connectivity index (χ4v) is 6.02. The van der Waals surface area contributed by atoms with E-state index in [9.17, 15) is 18.0 Å². The maximum atomic E-state index is 13.1. The van der Waals surface area contributed by atoms with Gasteiger partial charge in [-0.15, -0.1) is 11.3 Å².